The number of rotatable bonds is 8. The lowest BCUT2D eigenvalue weighted by molar-refractivity contribution is -0.122. The topological polar surface area (TPSA) is 96.2 Å². The Hall–Kier alpha value is -4.17. The van der Waals surface area contributed by atoms with Crippen molar-refractivity contribution in [3.8, 4) is 34.3 Å². The zero-order chi connectivity index (χ0) is 25.8. The number of fused-ring (bicyclic) bond motifs is 1. The maximum absolute atomic E-state index is 13.5. The molecule has 0 spiro atoms. The molecule has 186 valence electrons. The highest BCUT2D eigenvalue weighted by Crippen LogP contribution is 2.37. The fraction of sp³-hybridized carbons (Fsp3) is 0.185. The summed E-state index contributed by atoms with van der Waals surface area (Å²) < 4.78 is 28.0. The lowest BCUT2D eigenvalue weighted by atomic mass is 10.1. The molecule has 0 aliphatic rings. The zero-order valence-electron chi connectivity index (χ0n) is 20.1. The van der Waals surface area contributed by atoms with Crippen LogP contribution in [0.5, 0.6) is 23.0 Å². The smallest absolute Gasteiger partial charge is 0.265 e. The maximum atomic E-state index is 13.5. The third kappa shape index (κ3) is 4.94. The number of hydrogen-bond donors (Lipinski definition) is 1. The lowest BCUT2D eigenvalue weighted by Crippen LogP contribution is -2.32. The molecule has 0 aliphatic carbocycles. The van der Waals surface area contributed by atoms with Gasteiger partial charge in [0.15, 0.2) is 23.4 Å². The van der Waals surface area contributed by atoms with Crippen LogP contribution in [0.1, 0.15) is 6.92 Å². The molecule has 0 saturated heterocycles. The Kier molecular flexibility index (Phi) is 7.36. The highest BCUT2D eigenvalue weighted by atomic mass is 35.5. The number of amides is 1. The molecule has 36 heavy (non-hydrogen) atoms. The van der Waals surface area contributed by atoms with Gasteiger partial charge in [0.2, 0.25) is 11.2 Å². The highest BCUT2D eigenvalue weighted by Gasteiger charge is 2.24. The first kappa shape index (κ1) is 24.9. The van der Waals surface area contributed by atoms with Gasteiger partial charge in [0, 0.05) is 10.6 Å². The second-order valence-corrected chi connectivity index (χ2v) is 8.19. The van der Waals surface area contributed by atoms with Crippen molar-refractivity contribution in [2.45, 2.75) is 13.0 Å². The first-order valence-electron chi connectivity index (χ1n) is 11.0. The summed E-state index contributed by atoms with van der Waals surface area (Å²) in [6.45, 7) is 1.53. The Bertz CT molecular complexity index is 1480. The van der Waals surface area contributed by atoms with Gasteiger partial charge in [-0.2, -0.15) is 0 Å². The van der Waals surface area contributed by atoms with Crippen LogP contribution in [-0.4, -0.2) is 33.3 Å². The number of nitrogens with one attached hydrogen (secondary N) is 1. The molecule has 1 N–H and O–H groups in total. The Morgan fingerprint density at radius 2 is 1.64 bits per heavy atom. The lowest BCUT2D eigenvalue weighted by Gasteiger charge is -2.18. The van der Waals surface area contributed by atoms with E-state index in [0.717, 1.165) is 0 Å². The van der Waals surface area contributed by atoms with E-state index in [4.69, 9.17) is 35.0 Å². The normalized spacial score (nSPS) is 11.6. The van der Waals surface area contributed by atoms with Gasteiger partial charge in [-0.3, -0.25) is 9.59 Å². The predicted octanol–water partition coefficient (Wildman–Crippen LogP) is 5.55. The second kappa shape index (κ2) is 10.6. The minimum Gasteiger partial charge on any atom is -0.495 e. The molecule has 1 aromatic heterocycles. The number of ether oxygens (including phenoxy) is 4. The first-order chi connectivity index (χ1) is 17.4. The maximum Gasteiger partial charge on any atom is 0.265 e. The van der Waals surface area contributed by atoms with E-state index in [2.05, 4.69) is 5.32 Å². The number of methoxy groups -OCH3 is 3. The summed E-state index contributed by atoms with van der Waals surface area (Å²) in [6, 6.07) is 16.7. The number of halogens is 1. The number of hydrogen-bond acceptors (Lipinski definition) is 7. The Labute approximate surface area is 212 Å². The van der Waals surface area contributed by atoms with Gasteiger partial charge in [0.05, 0.1) is 32.4 Å². The summed E-state index contributed by atoms with van der Waals surface area (Å²) in [5.41, 5.74) is 0.806. The van der Waals surface area contributed by atoms with Crippen molar-refractivity contribution in [3.05, 3.63) is 75.9 Å². The molecule has 4 aromatic rings. The number of benzene rings is 3. The number of carbonyl (C=O) groups is 1. The molecule has 1 atom stereocenters. The summed E-state index contributed by atoms with van der Waals surface area (Å²) in [7, 11) is 4.53. The molecule has 9 heteroatoms. The Morgan fingerprint density at radius 1 is 0.917 bits per heavy atom. The van der Waals surface area contributed by atoms with E-state index in [-0.39, 0.29) is 16.9 Å². The second-order valence-electron chi connectivity index (χ2n) is 7.75. The highest BCUT2D eigenvalue weighted by molar-refractivity contribution is 6.31. The van der Waals surface area contributed by atoms with Gasteiger partial charge in [0.25, 0.3) is 5.91 Å². The fourth-order valence-electron chi connectivity index (χ4n) is 3.64. The summed E-state index contributed by atoms with van der Waals surface area (Å²) in [6.07, 6.45) is -1.06. The van der Waals surface area contributed by atoms with Gasteiger partial charge >= 0.3 is 0 Å². The first-order valence-corrected chi connectivity index (χ1v) is 11.3. The minimum absolute atomic E-state index is 0.132. The van der Waals surface area contributed by atoms with Crippen LogP contribution in [0.15, 0.2) is 69.9 Å². The molecule has 0 aliphatic heterocycles. The number of carbonyl (C=O) groups excluding carboxylic acids is 1. The zero-order valence-corrected chi connectivity index (χ0v) is 20.8. The average Bonchev–Trinajstić information content (AvgIpc) is 2.90. The van der Waals surface area contributed by atoms with Crippen LogP contribution < -0.4 is 29.7 Å². The van der Waals surface area contributed by atoms with Crippen LogP contribution in [0.2, 0.25) is 5.02 Å². The van der Waals surface area contributed by atoms with Gasteiger partial charge in [-0.05, 0) is 55.5 Å². The van der Waals surface area contributed by atoms with E-state index < -0.39 is 17.4 Å². The largest absolute Gasteiger partial charge is 0.495 e. The van der Waals surface area contributed by atoms with Crippen LogP contribution in [0.4, 0.5) is 5.69 Å². The van der Waals surface area contributed by atoms with Crippen LogP contribution in [0, 0.1) is 0 Å². The van der Waals surface area contributed by atoms with Crippen molar-refractivity contribution in [1.29, 1.82) is 0 Å². The number of anilines is 1. The van der Waals surface area contributed by atoms with E-state index in [1.165, 1.54) is 34.3 Å². The molecule has 0 saturated carbocycles. The van der Waals surface area contributed by atoms with E-state index in [1.807, 2.05) is 0 Å². The van der Waals surface area contributed by atoms with Gasteiger partial charge in [0.1, 0.15) is 11.3 Å². The molecular weight excluding hydrogens is 486 g/mol. The molecule has 0 fully saturated rings. The molecule has 1 heterocycles. The summed E-state index contributed by atoms with van der Waals surface area (Å²) in [4.78, 5) is 26.5. The fourth-order valence-corrected chi connectivity index (χ4v) is 3.81. The van der Waals surface area contributed by atoms with E-state index in [1.54, 1.807) is 54.6 Å². The third-order valence-electron chi connectivity index (χ3n) is 5.49. The van der Waals surface area contributed by atoms with Gasteiger partial charge in [-0.25, -0.2) is 0 Å². The van der Waals surface area contributed by atoms with Crippen LogP contribution >= 0.6 is 11.6 Å². The molecule has 1 unspecified atom stereocenters. The standard InChI is InChI=1S/C27H24ClNO7/c1-15(27(31)29-19-7-5-6-8-21(19)32-2)35-26-24(30)18-14-17(28)10-12-20(18)36-25(26)16-9-11-22(33-3)23(13-16)34-4/h5-15H,1-4H3,(H,29,31). The predicted molar refractivity (Wildman–Crippen MR) is 138 cm³/mol. The molecule has 0 radical (unpaired) electrons. The van der Waals surface area contributed by atoms with Crippen molar-refractivity contribution in [2.75, 3.05) is 26.6 Å². The van der Waals surface area contributed by atoms with E-state index >= 15 is 0 Å². The van der Waals surface area contributed by atoms with Crippen LogP contribution in [-0.2, 0) is 4.79 Å². The number of para-hydroxylation sites is 2. The van der Waals surface area contributed by atoms with Crippen molar-refractivity contribution in [1.82, 2.24) is 0 Å². The van der Waals surface area contributed by atoms with Crippen molar-refractivity contribution >= 4 is 34.2 Å². The molecule has 0 bridgehead atoms. The Balaban J connectivity index is 1.78. The van der Waals surface area contributed by atoms with Crippen LogP contribution in [0.3, 0.4) is 0 Å². The average molecular weight is 510 g/mol. The quantitative estimate of drug-likeness (QED) is 0.333. The molecule has 3 aromatic carbocycles. The van der Waals surface area contributed by atoms with Crippen molar-refractivity contribution in [2.24, 2.45) is 0 Å². The Morgan fingerprint density at radius 3 is 2.36 bits per heavy atom. The van der Waals surface area contributed by atoms with Crippen LogP contribution in [0.25, 0.3) is 22.3 Å². The summed E-state index contributed by atoms with van der Waals surface area (Å²) >= 11 is 6.12. The molecular formula is C27H24ClNO7. The van der Waals surface area contributed by atoms with Crippen molar-refractivity contribution < 1.29 is 28.2 Å². The monoisotopic (exact) mass is 509 g/mol. The summed E-state index contributed by atoms with van der Waals surface area (Å²) in [5.74, 6) is 0.935. The van der Waals surface area contributed by atoms with Gasteiger partial charge < -0.3 is 28.7 Å². The minimum atomic E-state index is -1.06. The summed E-state index contributed by atoms with van der Waals surface area (Å²) in [5, 5.41) is 3.34. The van der Waals surface area contributed by atoms with Gasteiger partial charge in [-0.15, -0.1) is 0 Å². The molecule has 8 nitrogen and oxygen atoms in total. The SMILES string of the molecule is COc1ccccc1NC(=O)C(C)Oc1c(-c2ccc(OC)c(OC)c2)oc2ccc(Cl)cc2c1=O. The van der Waals surface area contributed by atoms with E-state index in [0.29, 0.717) is 39.1 Å². The molecule has 4 rings (SSSR count). The van der Waals surface area contributed by atoms with E-state index in [9.17, 15) is 9.59 Å². The van der Waals surface area contributed by atoms with Gasteiger partial charge in [-0.1, -0.05) is 23.7 Å². The third-order valence-corrected chi connectivity index (χ3v) is 5.72. The van der Waals surface area contributed by atoms with Crippen molar-refractivity contribution in [3.63, 3.8) is 0 Å². The molecule has 1 amide bonds.